The highest BCUT2D eigenvalue weighted by Crippen LogP contribution is 2.33. The van der Waals surface area contributed by atoms with Gasteiger partial charge in [-0.15, -0.1) is 0 Å². The number of nitrogens with one attached hydrogen (secondary N) is 1. The van der Waals surface area contributed by atoms with E-state index in [0.29, 0.717) is 6.04 Å². The van der Waals surface area contributed by atoms with E-state index < -0.39 is 0 Å². The Morgan fingerprint density at radius 3 is 2.82 bits per heavy atom. The summed E-state index contributed by atoms with van der Waals surface area (Å²) >= 11 is 0. The van der Waals surface area contributed by atoms with E-state index in [-0.39, 0.29) is 0 Å². The molecular formula is C15H23NO. The van der Waals surface area contributed by atoms with Gasteiger partial charge >= 0.3 is 0 Å². The van der Waals surface area contributed by atoms with Crippen molar-refractivity contribution in [1.82, 2.24) is 5.32 Å². The van der Waals surface area contributed by atoms with Crippen LogP contribution in [0.4, 0.5) is 0 Å². The number of benzene rings is 1. The third kappa shape index (κ3) is 3.22. The van der Waals surface area contributed by atoms with Gasteiger partial charge in [0.15, 0.2) is 0 Å². The fourth-order valence-corrected chi connectivity index (χ4v) is 2.53. The molecule has 17 heavy (non-hydrogen) atoms. The molecule has 3 unspecified atom stereocenters. The van der Waals surface area contributed by atoms with Crippen molar-refractivity contribution in [3.8, 4) is 5.75 Å². The van der Waals surface area contributed by atoms with E-state index in [4.69, 9.17) is 4.74 Å². The second kappa shape index (κ2) is 5.54. The van der Waals surface area contributed by atoms with Crippen LogP contribution in [0, 0.1) is 5.92 Å². The van der Waals surface area contributed by atoms with Crippen molar-refractivity contribution in [3.05, 3.63) is 29.8 Å². The van der Waals surface area contributed by atoms with Crippen molar-refractivity contribution in [1.29, 1.82) is 0 Å². The Kier molecular flexibility index (Phi) is 4.06. The van der Waals surface area contributed by atoms with Gasteiger partial charge in [-0.3, -0.25) is 0 Å². The molecule has 3 atom stereocenters. The third-order valence-corrected chi connectivity index (χ3v) is 3.66. The minimum absolute atomic E-state index is 0.521. The van der Waals surface area contributed by atoms with Gasteiger partial charge in [-0.25, -0.2) is 0 Å². The van der Waals surface area contributed by atoms with Gasteiger partial charge in [-0.05, 0) is 37.3 Å². The normalized spacial score (nSPS) is 24.4. The monoisotopic (exact) mass is 233 g/mol. The molecule has 94 valence electrons. The Hall–Kier alpha value is -1.02. The lowest BCUT2D eigenvalue weighted by Crippen LogP contribution is -2.31. The lowest BCUT2D eigenvalue weighted by atomic mass is 10.1. The van der Waals surface area contributed by atoms with E-state index in [9.17, 15) is 0 Å². The molecular weight excluding hydrogens is 210 g/mol. The first-order valence-electron chi connectivity index (χ1n) is 6.62. The average Bonchev–Trinajstić information content (AvgIpc) is 3.08. The zero-order chi connectivity index (χ0) is 12.3. The van der Waals surface area contributed by atoms with Gasteiger partial charge in [-0.1, -0.05) is 31.5 Å². The summed E-state index contributed by atoms with van der Waals surface area (Å²) in [5.41, 5.74) is 1.30. The summed E-state index contributed by atoms with van der Waals surface area (Å²) in [6, 6.07) is 9.57. The Bertz CT molecular complexity index is 364. The van der Waals surface area contributed by atoms with Crippen molar-refractivity contribution in [3.63, 3.8) is 0 Å². The maximum atomic E-state index is 5.38. The number of hydrogen-bond acceptors (Lipinski definition) is 2. The second-order valence-electron chi connectivity index (χ2n) is 5.09. The maximum absolute atomic E-state index is 5.38. The number of hydrogen-bond donors (Lipinski definition) is 1. The summed E-state index contributed by atoms with van der Waals surface area (Å²) in [4.78, 5) is 0. The fourth-order valence-electron chi connectivity index (χ4n) is 2.53. The van der Waals surface area contributed by atoms with Crippen LogP contribution >= 0.6 is 0 Å². The first-order chi connectivity index (χ1) is 8.24. The molecule has 0 aromatic heterocycles. The molecule has 0 radical (unpaired) electrons. The first-order valence-corrected chi connectivity index (χ1v) is 6.62. The molecule has 2 nitrogen and oxygen atoms in total. The number of para-hydroxylation sites is 1. The Morgan fingerprint density at radius 2 is 2.18 bits per heavy atom. The topological polar surface area (TPSA) is 21.3 Å². The van der Waals surface area contributed by atoms with Gasteiger partial charge in [0.25, 0.3) is 0 Å². The van der Waals surface area contributed by atoms with Crippen molar-refractivity contribution < 1.29 is 4.74 Å². The quantitative estimate of drug-likeness (QED) is 0.815. The van der Waals surface area contributed by atoms with Crippen LogP contribution in [0.5, 0.6) is 5.75 Å². The highest BCUT2D eigenvalue weighted by Gasteiger charge is 2.35. The molecule has 1 N–H and O–H groups in total. The lowest BCUT2D eigenvalue weighted by Gasteiger charge is -2.15. The summed E-state index contributed by atoms with van der Waals surface area (Å²) in [5.74, 6) is 1.92. The highest BCUT2D eigenvalue weighted by molar-refractivity contribution is 5.33. The van der Waals surface area contributed by atoms with Crippen molar-refractivity contribution >= 4 is 0 Å². The molecule has 1 saturated carbocycles. The molecule has 1 fully saturated rings. The molecule has 0 spiro atoms. The van der Waals surface area contributed by atoms with Crippen molar-refractivity contribution in [2.24, 2.45) is 5.92 Å². The first kappa shape index (κ1) is 12.4. The summed E-state index contributed by atoms with van der Waals surface area (Å²) in [6.45, 7) is 4.54. The summed E-state index contributed by atoms with van der Waals surface area (Å²) < 4.78 is 5.38. The van der Waals surface area contributed by atoms with Gasteiger partial charge in [0.05, 0.1) is 7.11 Å². The molecule has 1 aliphatic carbocycles. The predicted octanol–water partition coefficient (Wildman–Crippen LogP) is 3.01. The van der Waals surface area contributed by atoms with Crippen molar-refractivity contribution in [2.45, 2.75) is 45.2 Å². The van der Waals surface area contributed by atoms with E-state index in [1.165, 1.54) is 18.4 Å². The standard InChI is InChI=1S/C15H23NO/c1-4-12-10-14(12)16-11(2)9-13-7-5-6-8-15(13)17-3/h5-8,11-12,14,16H,4,9-10H2,1-3H3. The van der Waals surface area contributed by atoms with Crippen LogP contribution in [-0.4, -0.2) is 19.2 Å². The van der Waals surface area contributed by atoms with Crippen LogP contribution in [0.2, 0.25) is 0 Å². The van der Waals surface area contributed by atoms with Gasteiger partial charge in [0.2, 0.25) is 0 Å². The van der Waals surface area contributed by atoms with Crippen LogP contribution in [-0.2, 0) is 6.42 Å². The molecule has 0 aliphatic heterocycles. The third-order valence-electron chi connectivity index (χ3n) is 3.66. The van der Waals surface area contributed by atoms with Gasteiger partial charge < -0.3 is 10.1 Å². The molecule has 1 aliphatic rings. The van der Waals surface area contributed by atoms with E-state index in [2.05, 4.69) is 31.3 Å². The zero-order valence-corrected chi connectivity index (χ0v) is 11.1. The molecule has 0 amide bonds. The predicted molar refractivity (Wildman–Crippen MR) is 71.5 cm³/mol. The van der Waals surface area contributed by atoms with Crippen LogP contribution in [0.1, 0.15) is 32.3 Å². The summed E-state index contributed by atoms with van der Waals surface area (Å²) in [6.07, 6.45) is 3.70. The fraction of sp³-hybridized carbons (Fsp3) is 0.600. The maximum Gasteiger partial charge on any atom is 0.122 e. The largest absolute Gasteiger partial charge is 0.496 e. The van der Waals surface area contributed by atoms with Crippen molar-refractivity contribution in [2.75, 3.05) is 7.11 Å². The summed E-state index contributed by atoms with van der Waals surface area (Å²) in [7, 11) is 1.74. The van der Waals surface area contributed by atoms with E-state index >= 15 is 0 Å². The molecule has 2 rings (SSSR count). The van der Waals surface area contributed by atoms with Gasteiger partial charge in [0.1, 0.15) is 5.75 Å². The number of methoxy groups -OCH3 is 1. The van der Waals surface area contributed by atoms with E-state index in [1.807, 2.05) is 12.1 Å². The van der Waals surface area contributed by atoms with Gasteiger partial charge in [-0.2, -0.15) is 0 Å². The van der Waals surface area contributed by atoms with Gasteiger partial charge in [0, 0.05) is 12.1 Å². The Balaban J connectivity index is 1.87. The van der Waals surface area contributed by atoms with Crippen LogP contribution in [0.15, 0.2) is 24.3 Å². The van der Waals surface area contributed by atoms with Crippen LogP contribution < -0.4 is 10.1 Å². The number of rotatable bonds is 6. The minimum Gasteiger partial charge on any atom is -0.496 e. The molecule has 1 aromatic rings. The zero-order valence-electron chi connectivity index (χ0n) is 11.1. The number of ether oxygens (including phenoxy) is 1. The lowest BCUT2D eigenvalue weighted by molar-refractivity contribution is 0.405. The Labute approximate surface area is 104 Å². The Morgan fingerprint density at radius 1 is 1.41 bits per heavy atom. The van der Waals surface area contributed by atoms with E-state index in [0.717, 1.165) is 24.1 Å². The molecule has 2 heteroatoms. The van der Waals surface area contributed by atoms with Crippen LogP contribution in [0.3, 0.4) is 0 Å². The SMILES string of the molecule is CCC1CC1NC(C)Cc1ccccc1OC. The molecule has 1 aromatic carbocycles. The van der Waals surface area contributed by atoms with Crippen LogP contribution in [0.25, 0.3) is 0 Å². The highest BCUT2D eigenvalue weighted by atomic mass is 16.5. The molecule has 0 saturated heterocycles. The minimum atomic E-state index is 0.521. The molecule has 0 heterocycles. The van der Waals surface area contributed by atoms with E-state index in [1.54, 1.807) is 7.11 Å². The smallest absolute Gasteiger partial charge is 0.122 e. The average molecular weight is 233 g/mol. The second-order valence-corrected chi connectivity index (χ2v) is 5.09. The summed E-state index contributed by atoms with van der Waals surface area (Å²) in [5, 5.41) is 3.70. The molecule has 0 bridgehead atoms.